The molecule has 1 aliphatic rings. The van der Waals surface area contributed by atoms with Crippen LogP contribution in [0, 0.1) is 0 Å². The van der Waals surface area contributed by atoms with Crippen LogP contribution in [0.4, 0.5) is 10.5 Å². The normalized spacial score (nSPS) is 15.2. The van der Waals surface area contributed by atoms with Gasteiger partial charge in [0.05, 0.1) is 17.3 Å². The van der Waals surface area contributed by atoms with E-state index in [1.807, 2.05) is 0 Å². The van der Waals surface area contributed by atoms with Gasteiger partial charge in [0.15, 0.2) is 18.1 Å². The summed E-state index contributed by atoms with van der Waals surface area (Å²) in [6.45, 7) is -0.357. The molecule has 0 unspecified atom stereocenters. The van der Waals surface area contributed by atoms with Crippen molar-refractivity contribution in [2.24, 2.45) is 5.73 Å². The number of para-hydroxylation sites is 1. The highest BCUT2D eigenvalue weighted by molar-refractivity contribution is 9.10. The van der Waals surface area contributed by atoms with Gasteiger partial charge in [0, 0.05) is 0 Å². The lowest BCUT2D eigenvalue weighted by atomic mass is 10.1. The number of ether oxygens (including phenoxy) is 2. The molecule has 30 heavy (non-hydrogen) atoms. The average molecular weight is 474 g/mol. The summed E-state index contributed by atoms with van der Waals surface area (Å²) in [4.78, 5) is 49.3. The lowest BCUT2D eigenvalue weighted by Gasteiger charge is -2.26. The van der Waals surface area contributed by atoms with Crippen LogP contribution in [-0.2, 0) is 14.4 Å². The lowest BCUT2D eigenvalue weighted by molar-refractivity contribution is -0.123. The summed E-state index contributed by atoms with van der Waals surface area (Å²) in [5, 5.41) is 2.16. The zero-order valence-corrected chi connectivity index (χ0v) is 17.3. The van der Waals surface area contributed by atoms with Gasteiger partial charge in [-0.25, -0.2) is 9.69 Å². The standard InChI is InChI=1S/C20H16BrN3O6/c1-29-15-9-11(8-14(21)17(15)30-10-16(22)25)7-13-18(26)23-20(28)24(19(13)27)12-5-3-2-4-6-12/h2-9H,10H2,1H3,(H2,22,25)(H,23,26,28)/b13-7+. The Morgan fingerprint density at radius 2 is 1.90 bits per heavy atom. The van der Waals surface area contributed by atoms with E-state index in [9.17, 15) is 19.2 Å². The molecule has 3 rings (SSSR count). The highest BCUT2D eigenvalue weighted by Gasteiger charge is 2.36. The first kappa shape index (κ1) is 21.1. The molecule has 5 amide bonds. The monoisotopic (exact) mass is 473 g/mol. The number of methoxy groups -OCH3 is 1. The summed E-state index contributed by atoms with van der Waals surface area (Å²) in [6.07, 6.45) is 1.32. The smallest absolute Gasteiger partial charge is 0.335 e. The predicted molar refractivity (Wildman–Crippen MR) is 111 cm³/mol. The number of nitrogens with two attached hydrogens (primary N) is 1. The van der Waals surface area contributed by atoms with Crippen molar-refractivity contribution in [1.82, 2.24) is 5.32 Å². The molecule has 9 nitrogen and oxygen atoms in total. The van der Waals surface area contributed by atoms with Crippen LogP contribution in [0.3, 0.4) is 0 Å². The average Bonchev–Trinajstić information content (AvgIpc) is 2.70. The number of hydrogen-bond acceptors (Lipinski definition) is 6. The zero-order valence-electron chi connectivity index (χ0n) is 15.7. The van der Waals surface area contributed by atoms with Crippen molar-refractivity contribution in [2.75, 3.05) is 18.6 Å². The number of anilines is 1. The van der Waals surface area contributed by atoms with Crippen LogP contribution in [0.25, 0.3) is 6.08 Å². The van der Waals surface area contributed by atoms with Gasteiger partial charge in [0.25, 0.3) is 17.7 Å². The number of halogens is 1. The van der Waals surface area contributed by atoms with Gasteiger partial charge in [-0.3, -0.25) is 19.7 Å². The number of hydrogen-bond donors (Lipinski definition) is 2. The molecule has 0 aromatic heterocycles. The number of primary amides is 1. The molecule has 0 atom stereocenters. The molecule has 0 bridgehead atoms. The Bertz CT molecular complexity index is 1070. The van der Waals surface area contributed by atoms with E-state index in [0.29, 0.717) is 15.7 Å². The maximum absolute atomic E-state index is 12.9. The number of urea groups is 1. The van der Waals surface area contributed by atoms with E-state index in [0.717, 1.165) is 4.90 Å². The summed E-state index contributed by atoms with van der Waals surface area (Å²) in [5.41, 5.74) is 5.61. The minimum atomic E-state index is -0.831. The second kappa shape index (κ2) is 8.78. The van der Waals surface area contributed by atoms with Crippen LogP contribution >= 0.6 is 15.9 Å². The van der Waals surface area contributed by atoms with Gasteiger partial charge in [0.2, 0.25) is 0 Å². The van der Waals surface area contributed by atoms with E-state index in [2.05, 4.69) is 21.2 Å². The van der Waals surface area contributed by atoms with Crippen molar-refractivity contribution in [3.63, 3.8) is 0 Å². The van der Waals surface area contributed by atoms with Crippen LogP contribution in [-0.4, -0.2) is 37.5 Å². The highest BCUT2D eigenvalue weighted by atomic mass is 79.9. The van der Waals surface area contributed by atoms with Crippen LogP contribution in [0.15, 0.2) is 52.5 Å². The Morgan fingerprint density at radius 1 is 1.20 bits per heavy atom. The van der Waals surface area contributed by atoms with Crippen molar-refractivity contribution < 1.29 is 28.7 Å². The number of carbonyl (C=O) groups excluding carboxylic acids is 4. The molecule has 1 saturated heterocycles. The highest BCUT2D eigenvalue weighted by Crippen LogP contribution is 2.37. The van der Waals surface area contributed by atoms with Crippen LogP contribution < -0.4 is 25.4 Å². The first-order chi connectivity index (χ1) is 14.3. The second-order valence-electron chi connectivity index (χ2n) is 6.08. The second-order valence-corrected chi connectivity index (χ2v) is 6.94. The fourth-order valence-electron chi connectivity index (χ4n) is 2.74. The van der Waals surface area contributed by atoms with Gasteiger partial charge < -0.3 is 15.2 Å². The van der Waals surface area contributed by atoms with E-state index in [-0.39, 0.29) is 23.7 Å². The van der Waals surface area contributed by atoms with E-state index in [1.165, 1.54) is 19.3 Å². The van der Waals surface area contributed by atoms with Gasteiger partial charge in [-0.15, -0.1) is 0 Å². The molecule has 0 radical (unpaired) electrons. The van der Waals surface area contributed by atoms with E-state index in [4.69, 9.17) is 15.2 Å². The van der Waals surface area contributed by atoms with Crippen molar-refractivity contribution in [3.8, 4) is 11.5 Å². The SMILES string of the molecule is COc1cc(/C=C2\C(=O)NC(=O)N(c3ccccc3)C2=O)cc(Br)c1OCC(N)=O. The van der Waals surface area contributed by atoms with Gasteiger partial charge >= 0.3 is 6.03 Å². The van der Waals surface area contributed by atoms with E-state index >= 15 is 0 Å². The molecule has 154 valence electrons. The number of amides is 5. The van der Waals surface area contributed by atoms with Crippen molar-refractivity contribution in [3.05, 3.63) is 58.1 Å². The molecule has 3 N–H and O–H groups in total. The van der Waals surface area contributed by atoms with Crippen molar-refractivity contribution in [2.45, 2.75) is 0 Å². The third-order valence-electron chi connectivity index (χ3n) is 4.04. The number of carbonyl (C=O) groups is 4. The molecule has 10 heteroatoms. The Morgan fingerprint density at radius 3 is 2.53 bits per heavy atom. The van der Waals surface area contributed by atoms with Crippen LogP contribution in [0.5, 0.6) is 11.5 Å². The summed E-state index contributed by atoms with van der Waals surface area (Å²) >= 11 is 3.31. The largest absolute Gasteiger partial charge is 0.493 e. The fraction of sp³-hybridized carbons (Fsp3) is 0.100. The third-order valence-corrected chi connectivity index (χ3v) is 4.63. The molecule has 2 aromatic carbocycles. The Labute approximate surface area is 179 Å². The zero-order chi connectivity index (χ0) is 21.8. The topological polar surface area (TPSA) is 128 Å². The summed E-state index contributed by atoms with van der Waals surface area (Å²) in [6, 6.07) is 10.5. The number of barbiturate groups is 1. The molecule has 1 fully saturated rings. The number of benzene rings is 2. The fourth-order valence-corrected chi connectivity index (χ4v) is 3.32. The molecule has 0 aliphatic carbocycles. The first-order valence-corrected chi connectivity index (χ1v) is 9.36. The Kier molecular flexibility index (Phi) is 6.17. The van der Waals surface area contributed by atoms with Crippen molar-refractivity contribution >= 4 is 51.4 Å². The van der Waals surface area contributed by atoms with E-state index < -0.39 is 23.8 Å². The maximum Gasteiger partial charge on any atom is 0.335 e. The van der Waals surface area contributed by atoms with Gasteiger partial charge in [-0.05, 0) is 51.8 Å². The van der Waals surface area contributed by atoms with Crippen LogP contribution in [0.1, 0.15) is 5.56 Å². The number of nitrogens with zero attached hydrogens (tertiary/aromatic N) is 1. The molecule has 0 spiro atoms. The quantitative estimate of drug-likeness (QED) is 0.487. The molecule has 2 aromatic rings. The molecule has 1 heterocycles. The lowest BCUT2D eigenvalue weighted by Crippen LogP contribution is -2.54. The summed E-state index contributed by atoms with van der Waals surface area (Å²) in [5.74, 6) is -1.76. The van der Waals surface area contributed by atoms with Crippen LogP contribution in [0.2, 0.25) is 0 Å². The van der Waals surface area contributed by atoms with Gasteiger partial charge in [0.1, 0.15) is 5.57 Å². The van der Waals surface area contributed by atoms with E-state index in [1.54, 1.807) is 36.4 Å². The predicted octanol–water partition coefficient (Wildman–Crippen LogP) is 1.99. The minimum absolute atomic E-state index is 0.235. The van der Waals surface area contributed by atoms with Gasteiger partial charge in [-0.2, -0.15) is 0 Å². The number of imide groups is 2. The maximum atomic E-state index is 12.9. The van der Waals surface area contributed by atoms with Crippen molar-refractivity contribution in [1.29, 1.82) is 0 Å². The first-order valence-electron chi connectivity index (χ1n) is 8.57. The Hall–Kier alpha value is -3.66. The summed E-state index contributed by atoms with van der Waals surface area (Å²) in [7, 11) is 1.39. The summed E-state index contributed by atoms with van der Waals surface area (Å²) < 4.78 is 11.0. The van der Waals surface area contributed by atoms with Gasteiger partial charge in [-0.1, -0.05) is 18.2 Å². The molecular weight excluding hydrogens is 458 g/mol. The molecular formula is C20H16BrN3O6. The minimum Gasteiger partial charge on any atom is -0.493 e. The number of rotatable bonds is 6. The Balaban J connectivity index is 1.99. The number of nitrogens with one attached hydrogen (secondary N) is 1. The third kappa shape index (κ3) is 4.33. The molecule has 1 aliphatic heterocycles. The molecule has 0 saturated carbocycles.